The number of esters is 1. The number of unbranched alkanes of at least 4 members (excludes halogenated alkanes) is 14. The van der Waals surface area contributed by atoms with E-state index in [0.29, 0.717) is 165 Å². The van der Waals surface area contributed by atoms with Gasteiger partial charge in [-0.25, -0.2) is 0 Å². The average Bonchev–Trinajstić information content (AvgIpc) is 3.30. The summed E-state index contributed by atoms with van der Waals surface area (Å²) in [6, 6.07) is 10.1. The molecule has 0 spiro atoms. The van der Waals surface area contributed by atoms with Crippen LogP contribution in [0, 0.1) is 0 Å². The minimum atomic E-state index is -0.131. The summed E-state index contributed by atoms with van der Waals surface area (Å²) < 4.78 is 71.5. The van der Waals surface area contributed by atoms with E-state index in [9.17, 15) is 4.79 Å². The molecule has 0 aliphatic heterocycles. The molecule has 0 saturated heterocycles. The van der Waals surface area contributed by atoms with Gasteiger partial charge >= 0.3 is 5.97 Å². The first-order valence-corrected chi connectivity index (χ1v) is 24.5. The predicted molar refractivity (Wildman–Crippen MR) is 246 cm³/mol. The standard InChI is InChI=1S/C49H90O14/c1-2-3-4-5-6-7-8-9-10-11-12-13-14-15-19-22-49(50)63-46-45-61-42-41-59-38-37-57-34-33-55-30-29-53-26-25-51-23-24-52-27-28-54-31-32-56-35-36-58-39-40-60-43-44-62-47-48-20-17-16-18-21-48/h16-18,20-21H,2-15,19,22-47H2,1H3. The van der Waals surface area contributed by atoms with Crippen molar-refractivity contribution in [3.8, 4) is 0 Å². The van der Waals surface area contributed by atoms with Crippen LogP contribution >= 0.6 is 0 Å². The molecule has 0 aliphatic rings. The zero-order chi connectivity index (χ0) is 44.9. The van der Waals surface area contributed by atoms with Gasteiger partial charge in [-0.1, -0.05) is 127 Å². The van der Waals surface area contributed by atoms with Gasteiger partial charge in [0.25, 0.3) is 0 Å². The lowest BCUT2D eigenvalue weighted by Crippen LogP contribution is -2.15. The Bertz CT molecular complexity index is 1010. The molecule has 1 rings (SSSR count). The summed E-state index contributed by atoms with van der Waals surface area (Å²) in [5, 5.41) is 0. The zero-order valence-electron chi connectivity index (χ0n) is 39.6. The summed E-state index contributed by atoms with van der Waals surface area (Å²) in [5.41, 5.74) is 1.16. The molecular formula is C49H90O14. The van der Waals surface area contributed by atoms with Crippen molar-refractivity contribution in [2.24, 2.45) is 0 Å². The summed E-state index contributed by atoms with van der Waals surface area (Å²) in [4.78, 5) is 11.9. The highest BCUT2D eigenvalue weighted by atomic mass is 16.6. The molecule has 0 bridgehead atoms. The summed E-state index contributed by atoms with van der Waals surface area (Å²) in [7, 11) is 0. The third-order valence-corrected chi connectivity index (χ3v) is 9.68. The van der Waals surface area contributed by atoms with Crippen molar-refractivity contribution >= 4 is 5.97 Å². The van der Waals surface area contributed by atoms with Crippen LogP contribution in [0.15, 0.2) is 30.3 Å². The normalized spacial score (nSPS) is 11.5. The van der Waals surface area contributed by atoms with Crippen LogP contribution in [0.25, 0.3) is 0 Å². The predicted octanol–water partition coefficient (Wildman–Crippen LogP) is 8.19. The van der Waals surface area contributed by atoms with Crippen LogP contribution in [0.1, 0.15) is 115 Å². The minimum Gasteiger partial charge on any atom is -0.463 e. The van der Waals surface area contributed by atoms with E-state index < -0.39 is 0 Å². The molecule has 1 aromatic carbocycles. The number of hydrogen-bond donors (Lipinski definition) is 0. The highest BCUT2D eigenvalue weighted by molar-refractivity contribution is 5.69. The van der Waals surface area contributed by atoms with Crippen LogP contribution in [-0.4, -0.2) is 165 Å². The maximum Gasteiger partial charge on any atom is 0.305 e. The van der Waals surface area contributed by atoms with E-state index >= 15 is 0 Å². The maximum atomic E-state index is 11.9. The largest absolute Gasteiger partial charge is 0.463 e. The molecule has 370 valence electrons. The van der Waals surface area contributed by atoms with Gasteiger partial charge in [-0.15, -0.1) is 0 Å². The molecule has 14 nitrogen and oxygen atoms in total. The molecule has 14 heteroatoms. The molecular weight excluding hydrogens is 813 g/mol. The fourth-order valence-corrected chi connectivity index (χ4v) is 6.11. The number of benzene rings is 1. The maximum absolute atomic E-state index is 11.9. The van der Waals surface area contributed by atoms with Crippen molar-refractivity contribution in [3.63, 3.8) is 0 Å². The molecule has 1 aromatic rings. The Morgan fingerprint density at radius 1 is 0.317 bits per heavy atom. The lowest BCUT2D eigenvalue weighted by atomic mass is 10.0. The number of rotatable bonds is 54. The van der Waals surface area contributed by atoms with Crippen molar-refractivity contribution in [2.75, 3.05) is 159 Å². The smallest absolute Gasteiger partial charge is 0.305 e. The molecule has 0 fully saturated rings. The van der Waals surface area contributed by atoms with Gasteiger partial charge in [0.1, 0.15) is 6.61 Å². The number of carbonyl (C=O) groups is 1. The van der Waals surface area contributed by atoms with Gasteiger partial charge in [0.15, 0.2) is 0 Å². The molecule has 0 unspecified atom stereocenters. The van der Waals surface area contributed by atoms with E-state index in [1.54, 1.807) is 0 Å². The van der Waals surface area contributed by atoms with Gasteiger partial charge in [-0.05, 0) is 12.0 Å². The van der Waals surface area contributed by atoms with Gasteiger partial charge < -0.3 is 61.6 Å². The minimum absolute atomic E-state index is 0.131. The Kier molecular flexibility index (Phi) is 49.7. The fraction of sp³-hybridized carbons (Fsp3) is 0.857. The Morgan fingerprint density at radius 2 is 0.571 bits per heavy atom. The second-order valence-electron chi connectivity index (χ2n) is 15.2. The first-order valence-electron chi connectivity index (χ1n) is 24.5. The average molecular weight is 903 g/mol. The van der Waals surface area contributed by atoms with Crippen LogP contribution in [0.4, 0.5) is 0 Å². The van der Waals surface area contributed by atoms with Gasteiger partial charge in [-0.3, -0.25) is 4.79 Å². The van der Waals surface area contributed by atoms with Crippen molar-refractivity contribution in [1.82, 2.24) is 0 Å². The quantitative estimate of drug-likeness (QED) is 0.0459. The summed E-state index contributed by atoms with van der Waals surface area (Å²) in [5.74, 6) is -0.131. The van der Waals surface area contributed by atoms with Crippen molar-refractivity contribution < 1.29 is 66.4 Å². The third-order valence-electron chi connectivity index (χ3n) is 9.68. The van der Waals surface area contributed by atoms with Gasteiger partial charge in [0, 0.05) is 6.42 Å². The number of ether oxygens (including phenoxy) is 13. The Balaban J connectivity index is 1.62. The molecule has 0 atom stereocenters. The molecule has 0 saturated carbocycles. The Hall–Kier alpha value is -1.79. The van der Waals surface area contributed by atoms with E-state index in [-0.39, 0.29) is 12.6 Å². The van der Waals surface area contributed by atoms with Crippen molar-refractivity contribution in [2.45, 2.75) is 116 Å². The number of carbonyl (C=O) groups excluding carboxylic acids is 1. The second-order valence-corrected chi connectivity index (χ2v) is 15.2. The highest BCUT2D eigenvalue weighted by Gasteiger charge is 2.03. The summed E-state index contributed by atoms with van der Waals surface area (Å²) >= 11 is 0. The second kappa shape index (κ2) is 52.8. The Morgan fingerprint density at radius 3 is 0.873 bits per heavy atom. The topological polar surface area (TPSA) is 137 Å². The van der Waals surface area contributed by atoms with E-state index in [0.717, 1.165) is 18.4 Å². The molecule has 0 amide bonds. The van der Waals surface area contributed by atoms with E-state index in [2.05, 4.69) is 6.92 Å². The van der Waals surface area contributed by atoms with E-state index in [4.69, 9.17) is 61.6 Å². The SMILES string of the molecule is CCCCCCCCCCCCCCCCCC(=O)OCCOCCOCCOCCOCCOCCOCCOCCOCCOCCOCCOCCOCc1ccccc1. The van der Waals surface area contributed by atoms with Crippen molar-refractivity contribution in [1.29, 1.82) is 0 Å². The van der Waals surface area contributed by atoms with Gasteiger partial charge in [-0.2, -0.15) is 0 Å². The van der Waals surface area contributed by atoms with Crippen LogP contribution in [0.3, 0.4) is 0 Å². The molecule has 0 N–H and O–H groups in total. The first-order chi connectivity index (χ1) is 31.3. The lowest BCUT2D eigenvalue weighted by molar-refractivity contribution is -0.145. The first kappa shape index (κ1) is 59.2. The van der Waals surface area contributed by atoms with Crippen LogP contribution in [0.5, 0.6) is 0 Å². The lowest BCUT2D eigenvalue weighted by Gasteiger charge is -2.09. The fourth-order valence-electron chi connectivity index (χ4n) is 6.11. The van der Waals surface area contributed by atoms with E-state index in [1.807, 2.05) is 30.3 Å². The Labute approximate surface area is 382 Å². The van der Waals surface area contributed by atoms with Crippen molar-refractivity contribution in [3.05, 3.63) is 35.9 Å². The molecule has 0 aliphatic carbocycles. The monoisotopic (exact) mass is 903 g/mol. The third kappa shape index (κ3) is 49.5. The van der Waals surface area contributed by atoms with E-state index in [1.165, 1.54) is 83.5 Å². The zero-order valence-corrected chi connectivity index (χ0v) is 39.6. The van der Waals surface area contributed by atoms with Gasteiger partial charge in [0.05, 0.1) is 159 Å². The highest BCUT2D eigenvalue weighted by Crippen LogP contribution is 2.14. The summed E-state index contributed by atoms with van der Waals surface area (Å²) in [6.45, 7) is 14.6. The van der Waals surface area contributed by atoms with Gasteiger partial charge in [0.2, 0.25) is 0 Å². The molecule has 0 radical (unpaired) electrons. The summed E-state index contributed by atoms with van der Waals surface area (Å²) in [6.07, 6.45) is 20.2. The molecule has 0 aromatic heterocycles. The number of hydrogen-bond acceptors (Lipinski definition) is 14. The van der Waals surface area contributed by atoms with Crippen LogP contribution in [-0.2, 0) is 73.0 Å². The van der Waals surface area contributed by atoms with Crippen LogP contribution < -0.4 is 0 Å². The molecule has 63 heavy (non-hydrogen) atoms. The molecule has 0 heterocycles. The van der Waals surface area contributed by atoms with Crippen LogP contribution in [0.2, 0.25) is 0 Å².